The standard InChI is InChI=1S/C16H24FN/c1-3-9-18-16(10-13-5-4-6-13)15-11-14(17)8-7-12(15)2/h7-8,11,13,16,18H,3-6,9-10H2,1-2H3. The molecule has 0 aliphatic heterocycles. The number of nitrogens with one attached hydrogen (secondary N) is 1. The van der Waals surface area contributed by atoms with E-state index in [0.717, 1.165) is 30.9 Å². The average molecular weight is 249 g/mol. The van der Waals surface area contributed by atoms with Crippen LogP contribution in [0.25, 0.3) is 0 Å². The molecule has 1 aliphatic rings. The van der Waals surface area contributed by atoms with Crippen LogP contribution in [0.5, 0.6) is 0 Å². The predicted molar refractivity (Wildman–Crippen MR) is 74.1 cm³/mol. The summed E-state index contributed by atoms with van der Waals surface area (Å²) in [6.07, 6.45) is 6.34. The molecule has 2 rings (SSSR count). The zero-order valence-corrected chi connectivity index (χ0v) is 11.5. The van der Waals surface area contributed by atoms with Crippen molar-refractivity contribution in [1.82, 2.24) is 5.32 Å². The van der Waals surface area contributed by atoms with Crippen LogP contribution in [-0.4, -0.2) is 6.54 Å². The molecule has 1 aromatic carbocycles. The van der Waals surface area contributed by atoms with Crippen LogP contribution in [-0.2, 0) is 0 Å². The quantitative estimate of drug-likeness (QED) is 0.789. The van der Waals surface area contributed by atoms with Crippen molar-refractivity contribution >= 4 is 0 Å². The number of hydrogen-bond donors (Lipinski definition) is 1. The minimum atomic E-state index is -0.118. The maximum absolute atomic E-state index is 13.4. The Morgan fingerprint density at radius 1 is 1.39 bits per heavy atom. The summed E-state index contributed by atoms with van der Waals surface area (Å²) in [4.78, 5) is 0. The molecule has 0 heterocycles. The van der Waals surface area contributed by atoms with E-state index < -0.39 is 0 Å². The smallest absolute Gasteiger partial charge is 0.123 e. The molecule has 1 aromatic rings. The van der Waals surface area contributed by atoms with Crippen molar-refractivity contribution in [3.05, 3.63) is 35.1 Å². The Bertz CT molecular complexity index is 385. The third-order valence-corrected chi connectivity index (χ3v) is 4.05. The summed E-state index contributed by atoms with van der Waals surface area (Å²) in [6, 6.07) is 5.48. The summed E-state index contributed by atoms with van der Waals surface area (Å²) in [6.45, 7) is 5.26. The van der Waals surface area contributed by atoms with Gasteiger partial charge in [-0.15, -0.1) is 0 Å². The first kappa shape index (κ1) is 13.5. The highest BCUT2D eigenvalue weighted by molar-refractivity contribution is 5.29. The molecule has 1 N–H and O–H groups in total. The van der Waals surface area contributed by atoms with Crippen molar-refractivity contribution in [2.24, 2.45) is 5.92 Å². The molecule has 100 valence electrons. The Morgan fingerprint density at radius 3 is 2.78 bits per heavy atom. The van der Waals surface area contributed by atoms with E-state index >= 15 is 0 Å². The molecule has 0 saturated heterocycles. The average Bonchev–Trinajstić information content (AvgIpc) is 2.31. The number of aryl methyl sites for hydroxylation is 1. The summed E-state index contributed by atoms with van der Waals surface area (Å²) in [5, 5.41) is 3.59. The Morgan fingerprint density at radius 2 is 2.17 bits per heavy atom. The SMILES string of the molecule is CCCNC(CC1CCC1)c1cc(F)ccc1C. The van der Waals surface area contributed by atoms with Crippen molar-refractivity contribution < 1.29 is 4.39 Å². The molecule has 0 amide bonds. The maximum atomic E-state index is 13.4. The van der Waals surface area contributed by atoms with E-state index in [9.17, 15) is 4.39 Å². The maximum Gasteiger partial charge on any atom is 0.123 e. The van der Waals surface area contributed by atoms with Crippen LogP contribution in [0.15, 0.2) is 18.2 Å². The van der Waals surface area contributed by atoms with Gasteiger partial charge in [0.2, 0.25) is 0 Å². The molecular weight excluding hydrogens is 225 g/mol. The molecule has 1 atom stereocenters. The molecule has 1 nitrogen and oxygen atoms in total. The lowest BCUT2D eigenvalue weighted by atomic mass is 9.79. The fourth-order valence-electron chi connectivity index (χ4n) is 2.69. The van der Waals surface area contributed by atoms with E-state index in [0.29, 0.717) is 6.04 Å². The molecule has 1 aliphatic carbocycles. The second kappa shape index (κ2) is 6.33. The predicted octanol–water partition coefficient (Wildman–Crippen LogP) is 4.37. The minimum absolute atomic E-state index is 0.118. The van der Waals surface area contributed by atoms with Gasteiger partial charge < -0.3 is 5.32 Å². The molecule has 18 heavy (non-hydrogen) atoms. The third kappa shape index (κ3) is 3.32. The highest BCUT2D eigenvalue weighted by Crippen LogP contribution is 2.35. The lowest BCUT2D eigenvalue weighted by Gasteiger charge is -2.31. The lowest BCUT2D eigenvalue weighted by Crippen LogP contribution is -2.27. The molecule has 1 saturated carbocycles. The first-order valence-electron chi connectivity index (χ1n) is 7.20. The lowest BCUT2D eigenvalue weighted by molar-refractivity contribution is 0.260. The van der Waals surface area contributed by atoms with Gasteiger partial charge in [0.05, 0.1) is 0 Å². The zero-order valence-electron chi connectivity index (χ0n) is 11.5. The molecular formula is C16H24FN. The summed E-state index contributed by atoms with van der Waals surface area (Å²) in [7, 11) is 0. The van der Waals surface area contributed by atoms with Gasteiger partial charge in [-0.2, -0.15) is 0 Å². The number of rotatable bonds is 6. The van der Waals surface area contributed by atoms with E-state index in [1.54, 1.807) is 12.1 Å². The monoisotopic (exact) mass is 249 g/mol. The normalized spacial score (nSPS) is 17.5. The van der Waals surface area contributed by atoms with Crippen LogP contribution in [0.3, 0.4) is 0 Å². The fraction of sp³-hybridized carbons (Fsp3) is 0.625. The van der Waals surface area contributed by atoms with Crippen molar-refractivity contribution in [2.45, 2.75) is 52.0 Å². The molecule has 1 unspecified atom stereocenters. The number of hydrogen-bond acceptors (Lipinski definition) is 1. The second-order valence-corrected chi connectivity index (χ2v) is 5.54. The van der Waals surface area contributed by atoms with Gasteiger partial charge in [-0.3, -0.25) is 0 Å². The van der Waals surface area contributed by atoms with Crippen LogP contribution < -0.4 is 5.32 Å². The summed E-state index contributed by atoms with van der Waals surface area (Å²) < 4.78 is 13.4. The van der Waals surface area contributed by atoms with Gasteiger partial charge in [-0.05, 0) is 55.5 Å². The molecule has 0 bridgehead atoms. The van der Waals surface area contributed by atoms with Gasteiger partial charge >= 0.3 is 0 Å². The Labute approximate surface area is 110 Å². The summed E-state index contributed by atoms with van der Waals surface area (Å²) >= 11 is 0. The first-order chi connectivity index (χ1) is 8.70. The van der Waals surface area contributed by atoms with Gasteiger partial charge in [0.15, 0.2) is 0 Å². The van der Waals surface area contributed by atoms with Crippen LogP contribution in [0.4, 0.5) is 4.39 Å². The van der Waals surface area contributed by atoms with Crippen LogP contribution in [0.2, 0.25) is 0 Å². The van der Waals surface area contributed by atoms with E-state index in [2.05, 4.69) is 19.2 Å². The van der Waals surface area contributed by atoms with Crippen molar-refractivity contribution in [1.29, 1.82) is 0 Å². The van der Waals surface area contributed by atoms with Gasteiger partial charge in [0.25, 0.3) is 0 Å². The van der Waals surface area contributed by atoms with E-state index in [4.69, 9.17) is 0 Å². The molecule has 0 aromatic heterocycles. The molecule has 0 radical (unpaired) electrons. The second-order valence-electron chi connectivity index (χ2n) is 5.54. The fourth-order valence-corrected chi connectivity index (χ4v) is 2.69. The van der Waals surface area contributed by atoms with Gasteiger partial charge in [-0.25, -0.2) is 4.39 Å². The number of benzene rings is 1. The minimum Gasteiger partial charge on any atom is -0.310 e. The highest BCUT2D eigenvalue weighted by atomic mass is 19.1. The highest BCUT2D eigenvalue weighted by Gasteiger charge is 2.23. The molecule has 0 spiro atoms. The third-order valence-electron chi connectivity index (χ3n) is 4.05. The van der Waals surface area contributed by atoms with Crippen molar-refractivity contribution in [3.63, 3.8) is 0 Å². The van der Waals surface area contributed by atoms with Gasteiger partial charge in [0, 0.05) is 6.04 Å². The van der Waals surface area contributed by atoms with Gasteiger partial charge in [0.1, 0.15) is 5.82 Å². The largest absolute Gasteiger partial charge is 0.310 e. The van der Waals surface area contributed by atoms with E-state index in [1.807, 2.05) is 6.07 Å². The Balaban J connectivity index is 2.11. The van der Waals surface area contributed by atoms with Crippen LogP contribution in [0, 0.1) is 18.7 Å². The van der Waals surface area contributed by atoms with Crippen molar-refractivity contribution in [2.75, 3.05) is 6.54 Å². The first-order valence-corrected chi connectivity index (χ1v) is 7.20. The molecule has 2 heteroatoms. The van der Waals surface area contributed by atoms with Gasteiger partial charge in [-0.1, -0.05) is 32.3 Å². The van der Waals surface area contributed by atoms with E-state index in [1.165, 1.54) is 24.8 Å². The van der Waals surface area contributed by atoms with Crippen LogP contribution in [0.1, 0.15) is 56.2 Å². The number of halogens is 1. The van der Waals surface area contributed by atoms with E-state index in [-0.39, 0.29) is 5.82 Å². The summed E-state index contributed by atoms with van der Waals surface area (Å²) in [5.74, 6) is 0.717. The molecule has 1 fully saturated rings. The topological polar surface area (TPSA) is 12.0 Å². The van der Waals surface area contributed by atoms with Crippen molar-refractivity contribution in [3.8, 4) is 0 Å². The Kier molecular flexibility index (Phi) is 4.76. The summed E-state index contributed by atoms with van der Waals surface area (Å²) in [5.41, 5.74) is 2.35. The zero-order chi connectivity index (χ0) is 13.0. The Hall–Kier alpha value is -0.890. The van der Waals surface area contributed by atoms with Crippen LogP contribution >= 0.6 is 0 Å².